The average Bonchev–Trinajstić information content (AvgIpc) is 2.47. The molecule has 2 aromatic carbocycles. The number of nitrogens with zero attached hydrogens (tertiary/aromatic N) is 1. The SMILES string of the molecule is CC[C@H]1C(=O)N(c2ccccc2)[C@@H]1c1ccccc1. The lowest BCUT2D eigenvalue weighted by molar-refractivity contribution is -0.130. The first-order valence-corrected chi connectivity index (χ1v) is 6.76. The van der Waals surface area contributed by atoms with Crippen LogP contribution in [-0.2, 0) is 4.79 Å². The molecule has 2 atom stereocenters. The van der Waals surface area contributed by atoms with Crippen LogP contribution in [0.2, 0.25) is 0 Å². The fraction of sp³-hybridized carbons (Fsp3) is 0.235. The Hall–Kier alpha value is -2.09. The Morgan fingerprint density at radius 2 is 1.53 bits per heavy atom. The normalized spacial score (nSPS) is 22.2. The van der Waals surface area contributed by atoms with Crippen molar-refractivity contribution < 1.29 is 4.79 Å². The molecule has 3 rings (SSSR count). The highest BCUT2D eigenvalue weighted by molar-refractivity contribution is 6.03. The van der Waals surface area contributed by atoms with Crippen LogP contribution in [0, 0.1) is 5.92 Å². The predicted molar refractivity (Wildman–Crippen MR) is 76.9 cm³/mol. The van der Waals surface area contributed by atoms with Gasteiger partial charge in [0.2, 0.25) is 5.91 Å². The Morgan fingerprint density at radius 3 is 2.11 bits per heavy atom. The minimum atomic E-state index is 0.114. The summed E-state index contributed by atoms with van der Waals surface area (Å²) in [7, 11) is 0. The van der Waals surface area contributed by atoms with Crippen molar-refractivity contribution in [3.8, 4) is 0 Å². The van der Waals surface area contributed by atoms with E-state index in [4.69, 9.17) is 0 Å². The van der Waals surface area contributed by atoms with Crippen molar-refractivity contribution in [3.05, 3.63) is 66.2 Å². The first-order valence-electron chi connectivity index (χ1n) is 6.76. The number of β-lactam (4-membered cyclic amide) rings is 1. The average molecular weight is 251 g/mol. The van der Waals surface area contributed by atoms with E-state index in [1.54, 1.807) is 0 Å². The molecule has 2 heteroatoms. The van der Waals surface area contributed by atoms with Crippen molar-refractivity contribution in [2.45, 2.75) is 19.4 Å². The lowest BCUT2D eigenvalue weighted by Crippen LogP contribution is -2.55. The molecule has 1 saturated heterocycles. The van der Waals surface area contributed by atoms with Crippen LogP contribution < -0.4 is 4.90 Å². The lowest BCUT2D eigenvalue weighted by atomic mass is 9.80. The molecule has 1 amide bonds. The molecule has 0 saturated carbocycles. The third-order valence-electron chi connectivity index (χ3n) is 3.83. The molecule has 0 N–H and O–H groups in total. The van der Waals surface area contributed by atoms with Crippen molar-refractivity contribution in [1.82, 2.24) is 0 Å². The van der Waals surface area contributed by atoms with Gasteiger partial charge in [0, 0.05) is 5.69 Å². The van der Waals surface area contributed by atoms with Gasteiger partial charge in [-0.1, -0.05) is 55.5 Å². The summed E-state index contributed by atoms with van der Waals surface area (Å²) in [4.78, 5) is 14.2. The van der Waals surface area contributed by atoms with Crippen molar-refractivity contribution in [2.75, 3.05) is 4.90 Å². The van der Waals surface area contributed by atoms with Gasteiger partial charge in [-0.2, -0.15) is 0 Å². The highest BCUT2D eigenvalue weighted by Crippen LogP contribution is 2.44. The van der Waals surface area contributed by atoms with Crippen molar-refractivity contribution in [2.24, 2.45) is 5.92 Å². The van der Waals surface area contributed by atoms with Crippen LogP contribution in [0.15, 0.2) is 60.7 Å². The first-order chi connectivity index (χ1) is 9.33. The fourth-order valence-corrected chi connectivity index (χ4v) is 2.85. The molecule has 0 aromatic heterocycles. The monoisotopic (exact) mass is 251 g/mol. The second kappa shape index (κ2) is 4.88. The van der Waals surface area contributed by atoms with E-state index in [9.17, 15) is 4.79 Å². The number of carbonyl (C=O) groups excluding carboxylic acids is 1. The van der Waals surface area contributed by atoms with Crippen LogP contribution in [0.4, 0.5) is 5.69 Å². The lowest BCUT2D eigenvalue weighted by Gasteiger charge is -2.47. The summed E-state index contributed by atoms with van der Waals surface area (Å²) in [6.07, 6.45) is 0.891. The maximum absolute atomic E-state index is 12.3. The predicted octanol–water partition coefficient (Wildman–Crippen LogP) is 3.80. The number of benzene rings is 2. The van der Waals surface area contributed by atoms with Crippen LogP contribution in [0.3, 0.4) is 0 Å². The van der Waals surface area contributed by atoms with E-state index in [0.29, 0.717) is 0 Å². The zero-order valence-electron chi connectivity index (χ0n) is 11.0. The molecular weight excluding hydrogens is 234 g/mol. The Morgan fingerprint density at radius 1 is 0.947 bits per heavy atom. The van der Waals surface area contributed by atoms with E-state index in [0.717, 1.165) is 12.1 Å². The maximum Gasteiger partial charge on any atom is 0.233 e. The fourth-order valence-electron chi connectivity index (χ4n) is 2.85. The molecule has 0 bridgehead atoms. The molecule has 2 aromatic rings. The molecule has 1 aliphatic rings. The van der Waals surface area contributed by atoms with Gasteiger partial charge in [-0.25, -0.2) is 0 Å². The largest absolute Gasteiger partial charge is 0.304 e. The second-order valence-electron chi connectivity index (χ2n) is 4.91. The highest BCUT2D eigenvalue weighted by atomic mass is 16.2. The van der Waals surface area contributed by atoms with Crippen LogP contribution in [-0.4, -0.2) is 5.91 Å². The number of para-hydroxylation sites is 1. The van der Waals surface area contributed by atoms with Gasteiger partial charge in [-0.15, -0.1) is 0 Å². The van der Waals surface area contributed by atoms with Gasteiger partial charge < -0.3 is 4.90 Å². The zero-order valence-corrected chi connectivity index (χ0v) is 11.0. The number of rotatable bonds is 3. The third kappa shape index (κ3) is 1.93. The maximum atomic E-state index is 12.3. The second-order valence-corrected chi connectivity index (χ2v) is 4.91. The molecule has 19 heavy (non-hydrogen) atoms. The molecule has 0 unspecified atom stereocenters. The summed E-state index contributed by atoms with van der Waals surface area (Å²) in [5, 5.41) is 0. The first kappa shape index (κ1) is 12.0. The van der Waals surface area contributed by atoms with E-state index in [2.05, 4.69) is 19.1 Å². The summed E-state index contributed by atoms with van der Waals surface area (Å²) < 4.78 is 0. The smallest absolute Gasteiger partial charge is 0.233 e. The Bertz CT molecular complexity index is 564. The Labute approximate surface area is 113 Å². The molecule has 1 fully saturated rings. The number of hydrogen-bond donors (Lipinski definition) is 0. The molecule has 1 heterocycles. The summed E-state index contributed by atoms with van der Waals surface area (Å²) in [5.41, 5.74) is 2.21. The quantitative estimate of drug-likeness (QED) is 0.760. The molecule has 0 radical (unpaired) electrons. The molecular formula is C17H17NO. The van der Waals surface area contributed by atoms with Gasteiger partial charge in [0.05, 0.1) is 12.0 Å². The van der Waals surface area contributed by atoms with Crippen LogP contribution >= 0.6 is 0 Å². The van der Waals surface area contributed by atoms with Crippen molar-refractivity contribution in [3.63, 3.8) is 0 Å². The van der Waals surface area contributed by atoms with Crippen molar-refractivity contribution in [1.29, 1.82) is 0 Å². The zero-order chi connectivity index (χ0) is 13.2. The van der Waals surface area contributed by atoms with Crippen molar-refractivity contribution >= 4 is 11.6 Å². The van der Waals surface area contributed by atoms with E-state index < -0.39 is 0 Å². The molecule has 96 valence electrons. The molecule has 1 aliphatic heterocycles. The number of carbonyl (C=O) groups is 1. The third-order valence-corrected chi connectivity index (χ3v) is 3.83. The summed E-state index contributed by atoms with van der Waals surface area (Å²) >= 11 is 0. The number of hydrogen-bond acceptors (Lipinski definition) is 1. The molecule has 2 nitrogen and oxygen atoms in total. The summed E-state index contributed by atoms with van der Waals surface area (Å²) in [6.45, 7) is 2.08. The number of anilines is 1. The summed E-state index contributed by atoms with van der Waals surface area (Å²) in [5.74, 6) is 0.352. The van der Waals surface area contributed by atoms with Gasteiger partial charge >= 0.3 is 0 Å². The molecule has 0 spiro atoms. The molecule has 0 aliphatic carbocycles. The standard InChI is InChI=1S/C17H17NO/c1-2-15-16(13-9-5-3-6-10-13)18(17(15)19)14-11-7-4-8-12-14/h3-12,15-16H,2H2,1H3/t15-,16-/m1/s1. The van der Waals surface area contributed by atoms with Crippen LogP contribution in [0.25, 0.3) is 0 Å². The van der Waals surface area contributed by atoms with E-state index in [-0.39, 0.29) is 17.9 Å². The van der Waals surface area contributed by atoms with Gasteiger partial charge in [0.25, 0.3) is 0 Å². The van der Waals surface area contributed by atoms with E-state index in [1.807, 2.05) is 53.4 Å². The number of amides is 1. The Balaban J connectivity index is 1.98. The minimum Gasteiger partial charge on any atom is -0.304 e. The summed E-state index contributed by atoms with van der Waals surface area (Å²) in [6, 6.07) is 20.4. The van der Waals surface area contributed by atoms with E-state index in [1.165, 1.54) is 5.56 Å². The van der Waals surface area contributed by atoms with Crippen LogP contribution in [0.1, 0.15) is 24.9 Å². The van der Waals surface area contributed by atoms with Gasteiger partial charge in [0.1, 0.15) is 0 Å². The van der Waals surface area contributed by atoms with Gasteiger partial charge in [0.15, 0.2) is 0 Å². The van der Waals surface area contributed by atoms with Crippen LogP contribution in [0.5, 0.6) is 0 Å². The topological polar surface area (TPSA) is 20.3 Å². The Kier molecular flexibility index (Phi) is 3.08. The van der Waals surface area contributed by atoms with Gasteiger partial charge in [-0.3, -0.25) is 4.79 Å². The van der Waals surface area contributed by atoms with Gasteiger partial charge in [-0.05, 0) is 24.1 Å². The highest BCUT2D eigenvalue weighted by Gasteiger charge is 2.47. The minimum absolute atomic E-state index is 0.114. The van der Waals surface area contributed by atoms with E-state index >= 15 is 0 Å².